The molecule has 0 bridgehead atoms. The van der Waals surface area contributed by atoms with Gasteiger partial charge in [0.1, 0.15) is 0 Å². The Hall–Kier alpha value is -2.95. The summed E-state index contributed by atoms with van der Waals surface area (Å²) in [6, 6.07) is 13.7. The normalized spacial score (nSPS) is 12.7. The lowest BCUT2D eigenvalue weighted by Crippen LogP contribution is -2.32. The topological polar surface area (TPSA) is 63.7 Å². The number of imide groups is 1. The number of hydrogen-bond acceptors (Lipinski definition) is 4. The van der Waals surface area contributed by atoms with Crippen molar-refractivity contribution in [2.45, 2.75) is 110 Å². The van der Waals surface area contributed by atoms with Gasteiger partial charge >= 0.3 is 5.97 Å². The monoisotopic (exact) mass is 505 g/mol. The summed E-state index contributed by atoms with van der Waals surface area (Å²) in [4.78, 5) is 42.4. The number of nitrogens with zero attached hydrogens (tertiary/aromatic N) is 1. The molecule has 1 heterocycles. The molecule has 0 aliphatic carbocycles. The molecule has 0 spiro atoms. The van der Waals surface area contributed by atoms with Gasteiger partial charge in [0.25, 0.3) is 11.8 Å². The Labute approximate surface area is 222 Å². The van der Waals surface area contributed by atoms with Crippen LogP contribution in [0.5, 0.6) is 0 Å². The summed E-state index contributed by atoms with van der Waals surface area (Å²) in [5, 5.41) is 0.552. The fraction of sp³-hybridized carbons (Fsp3) is 0.531. The number of carbonyl (C=O) groups excluding carboxylic acids is 3. The molecule has 0 saturated heterocycles. The Morgan fingerprint density at radius 2 is 1.05 bits per heavy atom. The molecular weight excluding hydrogens is 462 g/mol. The Bertz CT molecular complexity index is 963. The highest BCUT2D eigenvalue weighted by molar-refractivity contribution is 6.21. The van der Waals surface area contributed by atoms with Crippen LogP contribution < -0.4 is 0 Å². The van der Waals surface area contributed by atoms with E-state index in [9.17, 15) is 14.4 Å². The highest BCUT2D eigenvalue weighted by atomic mass is 16.7. The van der Waals surface area contributed by atoms with Crippen LogP contribution in [0.15, 0.2) is 48.5 Å². The molecule has 0 fully saturated rings. The van der Waals surface area contributed by atoms with Crippen LogP contribution in [0.3, 0.4) is 0 Å². The molecule has 0 atom stereocenters. The second-order valence-electron chi connectivity index (χ2n) is 10.2. The van der Waals surface area contributed by atoms with Crippen molar-refractivity contribution in [2.24, 2.45) is 0 Å². The van der Waals surface area contributed by atoms with E-state index in [-0.39, 0.29) is 11.1 Å². The maximum absolute atomic E-state index is 12.5. The Morgan fingerprint density at radius 3 is 1.51 bits per heavy atom. The molecule has 200 valence electrons. The van der Waals surface area contributed by atoms with Crippen molar-refractivity contribution in [1.29, 1.82) is 0 Å². The molecule has 3 rings (SSSR count). The van der Waals surface area contributed by atoms with Gasteiger partial charge in [-0.1, -0.05) is 126 Å². The summed E-state index contributed by atoms with van der Waals surface area (Å²) in [7, 11) is 0. The summed E-state index contributed by atoms with van der Waals surface area (Å²) in [5.41, 5.74) is 1.99. The zero-order chi connectivity index (χ0) is 26.3. The van der Waals surface area contributed by atoms with E-state index < -0.39 is 17.8 Å². The van der Waals surface area contributed by atoms with Gasteiger partial charge in [0, 0.05) is 0 Å². The van der Waals surface area contributed by atoms with Crippen LogP contribution in [0.25, 0.3) is 0 Å². The minimum absolute atomic E-state index is 0.249. The van der Waals surface area contributed by atoms with E-state index in [4.69, 9.17) is 4.84 Å². The number of carbonyl (C=O) groups is 3. The number of amides is 2. The van der Waals surface area contributed by atoms with Crippen LogP contribution in [0.4, 0.5) is 0 Å². The molecule has 1 aliphatic rings. The minimum atomic E-state index is -0.715. The first kappa shape index (κ1) is 28.6. The van der Waals surface area contributed by atoms with Gasteiger partial charge in [0.2, 0.25) is 0 Å². The number of rotatable bonds is 18. The quantitative estimate of drug-likeness (QED) is 0.151. The molecule has 1 aliphatic heterocycles. The van der Waals surface area contributed by atoms with Crippen LogP contribution in [0, 0.1) is 0 Å². The third kappa shape index (κ3) is 9.14. The first-order valence-corrected chi connectivity index (χ1v) is 14.4. The molecule has 5 heteroatoms. The smallest absolute Gasteiger partial charge is 0.324 e. The number of fused-ring (bicyclic) bond motifs is 1. The summed E-state index contributed by atoms with van der Waals surface area (Å²) in [6.07, 6.45) is 21.2. The molecule has 0 saturated carbocycles. The van der Waals surface area contributed by atoms with Gasteiger partial charge in [-0.05, 0) is 42.7 Å². The minimum Gasteiger partial charge on any atom is -0.324 e. The van der Waals surface area contributed by atoms with Crippen molar-refractivity contribution in [3.05, 3.63) is 70.8 Å². The number of hydroxylamine groups is 2. The number of unbranched alkanes of at least 4 members (excludes halogenated alkanes) is 14. The predicted octanol–water partition coefficient (Wildman–Crippen LogP) is 8.47. The fourth-order valence-electron chi connectivity index (χ4n) is 4.89. The van der Waals surface area contributed by atoms with Gasteiger partial charge in [0.05, 0.1) is 16.7 Å². The number of benzene rings is 2. The van der Waals surface area contributed by atoms with Gasteiger partial charge in [-0.3, -0.25) is 9.59 Å². The van der Waals surface area contributed by atoms with E-state index in [1.165, 1.54) is 95.5 Å². The maximum atomic E-state index is 12.5. The Morgan fingerprint density at radius 1 is 0.622 bits per heavy atom. The van der Waals surface area contributed by atoms with E-state index >= 15 is 0 Å². The van der Waals surface area contributed by atoms with Crippen molar-refractivity contribution >= 4 is 17.8 Å². The van der Waals surface area contributed by atoms with E-state index in [0.29, 0.717) is 10.6 Å². The largest absolute Gasteiger partial charge is 0.363 e. The molecule has 2 aromatic rings. The third-order valence-electron chi connectivity index (χ3n) is 7.19. The number of hydrogen-bond donors (Lipinski definition) is 0. The molecule has 0 unspecified atom stereocenters. The maximum Gasteiger partial charge on any atom is 0.363 e. The van der Waals surface area contributed by atoms with Crippen LogP contribution in [0.1, 0.15) is 140 Å². The lowest BCUT2D eigenvalue weighted by Gasteiger charge is -2.12. The molecular formula is C32H43NO4. The zero-order valence-electron chi connectivity index (χ0n) is 22.5. The van der Waals surface area contributed by atoms with Crippen LogP contribution >= 0.6 is 0 Å². The summed E-state index contributed by atoms with van der Waals surface area (Å²) in [6.45, 7) is 2.27. The fourth-order valence-corrected chi connectivity index (χ4v) is 4.89. The standard InChI is InChI=1S/C32H43NO4/c1-2-3-4-5-6-7-8-9-10-11-12-13-14-15-16-19-26-22-24-27(25-23-26)32(36)37-33-30(34)28-20-17-18-21-29(28)31(33)35/h17-18,20-25H,2-16,19H2,1H3. The van der Waals surface area contributed by atoms with Crippen LogP contribution in [0.2, 0.25) is 0 Å². The van der Waals surface area contributed by atoms with Crippen molar-refractivity contribution in [1.82, 2.24) is 5.06 Å². The first-order valence-electron chi connectivity index (χ1n) is 14.4. The number of aryl methyl sites for hydroxylation is 1. The first-order chi connectivity index (χ1) is 18.1. The SMILES string of the molecule is CCCCCCCCCCCCCCCCCc1ccc(C(=O)ON2C(=O)c3ccccc3C2=O)cc1. The average molecular weight is 506 g/mol. The van der Waals surface area contributed by atoms with Crippen molar-refractivity contribution in [3.63, 3.8) is 0 Å². The van der Waals surface area contributed by atoms with Crippen LogP contribution in [-0.2, 0) is 11.3 Å². The second-order valence-corrected chi connectivity index (χ2v) is 10.2. The summed E-state index contributed by atoms with van der Waals surface area (Å²) >= 11 is 0. The molecule has 37 heavy (non-hydrogen) atoms. The molecule has 0 radical (unpaired) electrons. The Balaban J connectivity index is 1.23. The lowest BCUT2D eigenvalue weighted by molar-refractivity contribution is -0.0584. The highest BCUT2D eigenvalue weighted by Gasteiger charge is 2.38. The van der Waals surface area contributed by atoms with Crippen LogP contribution in [-0.4, -0.2) is 22.8 Å². The third-order valence-corrected chi connectivity index (χ3v) is 7.19. The van der Waals surface area contributed by atoms with E-state index in [2.05, 4.69) is 6.92 Å². The zero-order valence-corrected chi connectivity index (χ0v) is 22.5. The molecule has 5 nitrogen and oxygen atoms in total. The lowest BCUT2D eigenvalue weighted by atomic mass is 10.0. The van der Waals surface area contributed by atoms with Gasteiger partial charge in [-0.2, -0.15) is 0 Å². The van der Waals surface area contributed by atoms with E-state index in [1.807, 2.05) is 12.1 Å². The summed E-state index contributed by atoms with van der Waals surface area (Å²) < 4.78 is 0. The molecule has 0 N–H and O–H groups in total. The molecule has 2 aromatic carbocycles. The molecule has 2 amide bonds. The van der Waals surface area contributed by atoms with Gasteiger partial charge in [-0.25, -0.2) is 4.79 Å². The highest BCUT2D eigenvalue weighted by Crippen LogP contribution is 2.23. The van der Waals surface area contributed by atoms with Crippen molar-refractivity contribution in [2.75, 3.05) is 0 Å². The van der Waals surface area contributed by atoms with E-state index in [1.54, 1.807) is 36.4 Å². The summed E-state index contributed by atoms with van der Waals surface area (Å²) in [5.74, 6) is -1.94. The second kappa shape index (κ2) is 16.0. The molecule has 0 aromatic heterocycles. The van der Waals surface area contributed by atoms with Gasteiger partial charge < -0.3 is 4.84 Å². The van der Waals surface area contributed by atoms with E-state index in [0.717, 1.165) is 12.8 Å². The Kier molecular flexibility index (Phi) is 12.4. The van der Waals surface area contributed by atoms with Crippen molar-refractivity contribution in [3.8, 4) is 0 Å². The van der Waals surface area contributed by atoms with Crippen molar-refractivity contribution < 1.29 is 19.2 Å². The van der Waals surface area contributed by atoms with Gasteiger partial charge in [-0.15, -0.1) is 0 Å². The van der Waals surface area contributed by atoms with Gasteiger partial charge in [0.15, 0.2) is 0 Å². The average Bonchev–Trinajstić information content (AvgIpc) is 3.16. The predicted molar refractivity (Wildman–Crippen MR) is 147 cm³/mol.